The third kappa shape index (κ3) is 4.90. The van der Waals surface area contributed by atoms with E-state index in [0.29, 0.717) is 37.4 Å². The van der Waals surface area contributed by atoms with E-state index in [1.807, 2.05) is 6.07 Å². The van der Waals surface area contributed by atoms with Gasteiger partial charge in [0.2, 0.25) is 12.1 Å². The van der Waals surface area contributed by atoms with Crippen molar-refractivity contribution >= 4 is 23.6 Å². The molecule has 3 heterocycles. The molecule has 0 spiro atoms. The van der Waals surface area contributed by atoms with Crippen molar-refractivity contribution in [3.63, 3.8) is 0 Å². The predicted molar refractivity (Wildman–Crippen MR) is 151 cm³/mol. The number of hydrogen-bond donors (Lipinski definition) is 3. The highest BCUT2D eigenvalue weighted by atomic mass is 16.5. The normalized spacial score (nSPS) is 28.4. The number of ether oxygens (including phenoxy) is 1. The highest BCUT2D eigenvalue weighted by Crippen LogP contribution is 2.40. The first-order chi connectivity index (χ1) is 18.9. The number of nitrogens with one attached hydrogen (secondary N) is 2. The highest BCUT2D eigenvalue weighted by molar-refractivity contribution is 6.05. The minimum atomic E-state index is -0.998. The predicted octanol–water partition coefficient (Wildman–Crippen LogP) is 4.94. The molecule has 39 heavy (non-hydrogen) atoms. The van der Waals surface area contributed by atoms with Gasteiger partial charge in [0.05, 0.1) is 19.3 Å². The van der Waals surface area contributed by atoms with Crippen LogP contribution in [0.4, 0.5) is 11.8 Å². The summed E-state index contributed by atoms with van der Waals surface area (Å²) in [6, 6.07) is 10.4. The second-order valence-corrected chi connectivity index (χ2v) is 12.1. The molecule has 1 aromatic heterocycles. The first kappa shape index (κ1) is 26.2. The first-order valence-corrected chi connectivity index (χ1v) is 14.8. The molecule has 2 saturated carbocycles. The van der Waals surface area contributed by atoms with Gasteiger partial charge in [0.15, 0.2) is 11.7 Å². The Kier molecular flexibility index (Phi) is 7.27. The summed E-state index contributed by atoms with van der Waals surface area (Å²) in [5.74, 6) is 2.32. The number of fused-ring (bicyclic) bond motifs is 1. The van der Waals surface area contributed by atoms with Crippen molar-refractivity contribution in [1.29, 1.82) is 5.41 Å². The Morgan fingerprint density at radius 1 is 1.18 bits per heavy atom. The molecule has 1 aromatic carbocycles. The zero-order valence-corrected chi connectivity index (χ0v) is 23.2. The fourth-order valence-electron chi connectivity index (χ4n) is 6.96. The summed E-state index contributed by atoms with van der Waals surface area (Å²) in [4.78, 5) is 21.7. The van der Waals surface area contributed by atoms with E-state index in [1.54, 1.807) is 4.90 Å². The van der Waals surface area contributed by atoms with E-state index < -0.39 is 12.1 Å². The van der Waals surface area contributed by atoms with Gasteiger partial charge in [-0.05, 0) is 55.9 Å². The minimum Gasteiger partial charge on any atom is -0.478 e. The van der Waals surface area contributed by atoms with Crippen LogP contribution in [0.1, 0.15) is 76.1 Å². The molecule has 0 bridgehead atoms. The molecule has 2 aromatic rings. The van der Waals surface area contributed by atoms with Gasteiger partial charge in [-0.25, -0.2) is 4.79 Å². The molecule has 2 aliphatic carbocycles. The van der Waals surface area contributed by atoms with Gasteiger partial charge in [-0.3, -0.25) is 5.41 Å². The molecule has 210 valence electrons. The molecule has 2 aliphatic heterocycles. The zero-order chi connectivity index (χ0) is 27.1. The Balaban J connectivity index is 1.43. The standard InChI is InChI=1S/C30H42N6O3/c1-19-11-13-21(14-12-19)17-35-25-26(31)36(20(2)22-9-6-10-22)28(29(37)38)32-27(25)33-30(35)34-15-16-39-18-24(34)23-7-4-3-5-8-23/h3-5,7-8,19-22,24,28,31-32H,6,9-18H2,1-2H3,(H,37,38)/t19?,20?,21?,24-,28?/m0/s1. The van der Waals surface area contributed by atoms with Crippen molar-refractivity contribution in [1.82, 2.24) is 14.5 Å². The topological polar surface area (TPSA) is 107 Å². The molecule has 3 atom stereocenters. The fraction of sp³-hybridized carbons (Fsp3) is 0.633. The van der Waals surface area contributed by atoms with Gasteiger partial charge in [-0.15, -0.1) is 0 Å². The minimum absolute atomic E-state index is 0.00314. The maximum atomic E-state index is 12.5. The number of carboxylic acids is 1. The monoisotopic (exact) mass is 534 g/mol. The van der Waals surface area contributed by atoms with Crippen molar-refractivity contribution < 1.29 is 14.6 Å². The van der Waals surface area contributed by atoms with Crippen LogP contribution in [0.3, 0.4) is 0 Å². The number of nitrogens with zero attached hydrogens (tertiary/aromatic N) is 4. The summed E-state index contributed by atoms with van der Waals surface area (Å²) in [6.45, 7) is 7.07. The average molecular weight is 535 g/mol. The van der Waals surface area contributed by atoms with Crippen LogP contribution in [0.15, 0.2) is 30.3 Å². The summed E-state index contributed by atoms with van der Waals surface area (Å²) in [5.41, 5.74) is 1.90. The van der Waals surface area contributed by atoms with Crippen molar-refractivity contribution in [3.05, 3.63) is 41.6 Å². The van der Waals surface area contributed by atoms with Gasteiger partial charge in [0.1, 0.15) is 5.69 Å². The summed E-state index contributed by atoms with van der Waals surface area (Å²) in [6.07, 6.45) is 7.13. The molecule has 3 fully saturated rings. The largest absolute Gasteiger partial charge is 0.478 e. The Labute approximate surface area is 231 Å². The molecule has 2 unspecified atom stereocenters. The number of carboxylic acid groups (broad SMARTS) is 1. The summed E-state index contributed by atoms with van der Waals surface area (Å²) >= 11 is 0. The van der Waals surface area contributed by atoms with Crippen LogP contribution in [0.2, 0.25) is 0 Å². The van der Waals surface area contributed by atoms with Crippen LogP contribution in [0.5, 0.6) is 0 Å². The molecule has 4 aliphatic rings. The number of imidazole rings is 1. The number of benzene rings is 1. The Morgan fingerprint density at radius 2 is 1.92 bits per heavy atom. The number of aromatic nitrogens is 2. The lowest BCUT2D eigenvalue weighted by atomic mass is 9.79. The Hall–Kier alpha value is -3.07. The molecular weight excluding hydrogens is 492 g/mol. The van der Waals surface area contributed by atoms with Gasteiger partial charge in [-0.2, -0.15) is 4.98 Å². The Bertz CT molecular complexity index is 1190. The van der Waals surface area contributed by atoms with Crippen molar-refractivity contribution in [2.45, 2.75) is 83.6 Å². The average Bonchev–Trinajstić information content (AvgIpc) is 3.27. The molecule has 0 radical (unpaired) electrons. The summed E-state index contributed by atoms with van der Waals surface area (Å²) in [7, 11) is 0. The van der Waals surface area contributed by atoms with Crippen LogP contribution >= 0.6 is 0 Å². The smallest absolute Gasteiger partial charge is 0.347 e. The number of carbonyl (C=O) groups is 1. The van der Waals surface area contributed by atoms with E-state index in [1.165, 1.54) is 37.7 Å². The van der Waals surface area contributed by atoms with Gasteiger partial charge in [0.25, 0.3) is 0 Å². The third-order valence-electron chi connectivity index (χ3n) is 9.63. The number of anilines is 2. The second kappa shape index (κ2) is 10.8. The van der Waals surface area contributed by atoms with E-state index in [2.05, 4.69) is 52.9 Å². The van der Waals surface area contributed by atoms with Gasteiger partial charge >= 0.3 is 5.97 Å². The third-order valence-corrected chi connectivity index (χ3v) is 9.63. The SMILES string of the molecule is CC1CCC(Cn2c(N3CCOC[C@H]3c3ccccc3)nc3c2C(=N)N(C(C)C2CCC2)C(C(=O)O)N3)CC1. The Morgan fingerprint density at radius 3 is 2.59 bits per heavy atom. The lowest BCUT2D eigenvalue weighted by Gasteiger charge is -2.45. The molecule has 3 N–H and O–H groups in total. The van der Waals surface area contributed by atoms with E-state index in [4.69, 9.17) is 9.72 Å². The van der Waals surface area contributed by atoms with Gasteiger partial charge < -0.3 is 29.5 Å². The summed E-state index contributed by atoms with van der Waals surface area (Å²) < 4.78 is 8.17. The van der Waals surface area contributed by atoms with E-state index in [-0.39, 0.29) is 17.9 Å². The molecule has 9 heteroatoms. The van der Waals surface area contributed by atoms with Crippen molar-refractivity contribution in [2.24, 2.45) is 17.8 Å². The molecular formula is C30H42N6O3. The summed E-state index contributed by atoms with van der Waals surface area (Å²) in [5, 5.41) is 22.9. The number of amidine groups is 1. The van der Waals surface area contributed by atoms with Crippen LogP contribution in [0, 0.1) is 23.2 Å². The first-order valence-electron chi connectivity index (χ1n) is 14.8. The number of hydrogen-bond acceptors (Lipinski definition) is 6. The lowest BCUT2D eigenvalue weighted by molar-refractivity contribution is -0.141. The van der Waals surface area contributed by atoms with Crippen LogP contribution in [-0.4, -0.2) is 63.3 Å². The van der Waals surface area contributed by atoms with Crippen molar-refractivity contribution in [3.8, 4) is 0 Å². The van der Waals surface area contributed by atoms with E-state index in [9.17, 15) is 15.3 Å². The van der Waals surface area contributed by atoms with Crippen LogP contribution < -0.4 is 10.2 Å². The number of rotatable bonds is 7. The molecule has 0 amide bonds. The maximum Gasteiger partial charge on any atom is 0.347 e. The number of morpholine rings is 1. The quantitative estimate of drug-likeness (QED) is 0.462. The van der Waals surface area contributed by atoms with Crippen molar-refractivity contribution in [2.75, 3.05) is 30.0 Å². The van der Waals surface area contributed by atoms with E-state index >= 15 is 0 Å². The second-order valence-electron chi connectivity index (χ2n) is 12.1. The van der Waals surface area contributed by atoms with E-state index in [0.717, 1.165) is 36.9 Å². The maximum absolute atomic E-state index is 12.5. The fourth-order valence-corrected chi connectivity index (χ4v) is 6.96. The lowest BCUT2D eigenvalue weighted by Crippen LogP contribution is -2.59. The molecule has 6 rings (SSSR count). The number of aliphatic carboxylic acids is 1. The highest BCUT2D eigenvalue weighted by Gasteiger charge is 2.44. The van der Waals surface area contributed by atoms with Crippen LogP contribution in [0.25, 0.3) is 0 Å². The molecule has 9 nitrogen and oxygen atoms in total. The molecule has 1 saturated heterocycles. The zero-order valence-electron chi connectivity index (χ0n) is 23.2. The van der Waals surface area contributed by atoms with Crippen LogP contribution in [-0.2, 0) is 16.1 Å². The van der Waals surface area contributed by atoms with Gasteiger partial charge in [-0.1, -0.05) is 56.5 Å². The van der Waals surface area contributed by atoms with Gasteiger partial charge in [0, 0.05) is 19.1 Å².